The Labute approximate surface area is 123 Å². The molecule has 0 radical (unpaired) electrons. The standard InChI is InChI=1S/C15H16NO4P/c1-11(12-6-5-9-16-10-12)15(14(17)18,21(19)20)13-7-3-2-4-8-13/h2-11,21H,1H3,(H,17,18)(H,19,20). The van der Waals surface area contributed by atoms with Crippen molar-refractivity contribution in [2.45, 2.75) is 18.0 Å². The second-order valence-corrected chi connectivity index (χ2v) is 6.19. The first-order valence-corrected chi connectivity index (χ1v) is 7.79. The lowest BCUT2D eigenvalue weighted by atomic mass is 9.82. The van der Waals surface area contributed by atoms with Crippen molar-refractivity contribution in [2.75, 3.05) is 0 Å². The van der Waals surface area contributed by atoms with E-state index < -0.39 is 25.1 Å². The van der Waals surface area contributed by atoms with Crippen LogP contribution in [-0.4, -0.2) is 21.0 Å². The topological polar surface area (TPSA) is 87.5 Å². The quantitative estimate of drug-likeness (QED) is 0.829. The Morgan fingerprint density at radius 1 is 1.24 bits per heavy atom. The van der Waals surface area contributed by atoms with E-state index in [4.69, 9.17) is 0 Å². The fraction of sp³-hybridized carbons (Fsp3) is 0.200. The van der Waals surface area contributed by atoms with Crippen molar-refractivity contribution >= 4 is 14.0 Å². The van der Waals surface area contributed by atoms with E-state index in [1.54, 1.807) is 55.6 Å². The number of carboxylic acids is 1. The average molecular weight is 305 g/mol. The highest BCUT2D eigenvalue weighted by Crippen LogP contribution is 2.53. The molecule has 2 N–H and O–H groups in total. The Balaban J connectivity index is 2.67. The molecule has 6 heteroatoms. The summed E-state index contributed by atoms with van der Waals surface area (Å²) < 4.78 is 12.1. The lowest BCUT2D eigenvalue weighted by Crippen LogP contribution is -2.37. The minimum Gasteiger partial charge on any atom is -0.480 e. The maximum atomic E-state index is 12.1. The minimum absolute atomic E-state index is 0.320. The van der Waals surface area contributed by atoms with Gasteiger partial charge in [0, 0.05) is 18.3 Å². The first kappa shape index (κ1) is 15.4. The smallest absolute Gasteiger partial charge is 0.324 e. The van der Waals surface area contributed by atoms with Crippen LogP contribution >= 0.6 is 8.03 Å². The van der Waals surface area contributed by atoms with Crippen molar-refractivity contribution < 1.29 is 19.4 Å². The molecular weight excluding hydrogens is 289 g/mol. The summed E-state index contributed by atoms with van der Waals surface area (Å²) in [6, 6.07) is 11.6. The summed E-state index contributed by atoms with van der Waals surface area (Å²) in [5.74, 6) is -2.00. The van der Waals surface area contributed by atoms with Gasteiger partial charge in [-0.1, -0.05) is 43.3 Å². The summed E-state index contributed by atoms with van der Waals surface area (Å²) in [4.78, 5) is 25.8. The maximum absolute atomic E-state index is 12.1. The molecule has 0 aliphatic carbocycles. The monoisotopic (exact) mass is 305 g/mol. The van der Waals surface area contributed by atoms with Gasteiger partial charge >= 0.3 is 5.97 Å². The number of hydrogen-bond donors (Lipinski definition) is 2. The molecule has 21 heavy (non-hydrogen) atoms. The molecule has 0 aliphatic heterocycles. The van der Waals surface area contributed by atoms with Crippen LogP contribution in [0.4, 0.5) is 0 Å². The van der Waals surface area contributed by atoms with E-state index in [2.05, 4.69) is 4.98 Å². The second kappa shape index (κ2) is 6.20. The van der Waals surface area contributed by atoms with Gasteiger partial charge in [-0.15, -0.1) is 0 Å². The predicted molar refractivity (Wildman–Crippen MR) is 79.6 cm³/mol. The van der Waals surface area contributed by atoms with E-state index >= 15 is 0 Å². The van der Waals surface area contributed by atoms with Crippen LogP contribution in [0.5, 0.6) is 0 Å². The van der Waals surface area contributed by atoms with Crippen molar-refractivity contribution in [2.24, 2.45) is 0 Å². The van der Waals surface area contributed by atoms with Crippen molar-refractivity contribution in [3.05, 3.63) is 66.0 Å². The first-order chi connectivity index (χ1) is 10.0. The highest BCUT2D eigenvalue weighted by atomic mass is 31.1. The zero-order valence-electron chi connectivity index (χ0n) is 11.4. The van der Waals surface area contributed by atoms with Crippen molar-refractivity contribution in [3.63, 3.8) is 0 Å². The Morgan fingerprint density at radius 2 is 1.90 bits per heavy atom. The fourth-order valence-corrected chi connectivity index (χ4v) is 3.68. The van der Waals surface area contributed by atoms with Gasteiger partial charge in [-0.2, -0.15) is 0 Å². The normalized spacial score (nSPS) is 16.7. The van der Waals surface area contributed by atoms with Gasteiger partial charge in [0.25, 0.3) is 0 Å². The van der Waals surface area contributed by atoms with Gasteiger partial charge in [0.2, 0.25) is 8.03 Å². The van der Waals surface area contributed by atoms with Gasteiger partial charge in [-0.3, -0.25) is 14.3 Å². The number of carbonyl (C=O) groups is 1. The summed E-state index contributed by atoms with van der Waals surface area (Å²) in [7, 11) is -3.41. The lowest BCUT2D eigenvalue weighted by molar-refractivity contribution is -0.141. The Hall–Kier alpha value is -1.97. The zero-order chi connectivity index (χ0) is 15.5. The van der Waals surface area contributed by atoms with Crippen LogP contribution in [0.3, 0.4) is 0 Å². The molecule has 0 aliphatic rings. The summed E-state index contributed by atoms with van der Waals surface area (Å²) in [6.07, 6.45) is 3.10. The van der Waals surface area contributed by atoms with Gasteiger partial charge in [0.1, 0.15) is 0 Å². The van der Waals surface area contributed by atoms with Gasteiger partial charge in [-0.05, 0) is 17.2 Å². The third-order valence-electron chi connectivity index (χ3n) is 3.74. The molecule has 3 unspecified atom stereocenters. The van der Waals surface area contributed by atoms with E-state index in [1.165, 1.54) is 6.20 Å². The third kappa shape index (κ3) is 2.62. The molecule has 110 valence electrons. The Morgan fingerprint density at radius 3 is 2.38 bits per heavy atom. The molecule has 2 aromatic rings. The first-order valence-electron chi connectivity index (χ1n) is 6.43. The van der Waals surface area contributed by atoms with E-state index in [0.717, 1.165) is 0 Å². The van der Waals surface area contributed by atoms with E-state index in [-0.39, 0.29) is 0 Å². The number of nitrogens with zero attached hydrogens (tertiary/aromatic N) is 1. The van der Waals surface area contributed by atoms with Crippen molar-refractivity contribution in [1.82, 2.24) is 4.98 Å². The number of pyridine rings is 1. The molecule has 1 heterocycles. The lowest BCUT2D eigenvalue weighted by Gasteiger charge is -2.33. The fourth-order valence-electron chi connectivity index (χ4n) is 2.54. The molecule has 0 amide bonds. The number of aliphatic carboxylic acids is 1. The van der Waals surface area contributed by atoms with E-state index in [9.17, 15) is 19.4 Å². The SMILES string of the molecule is CC(c1cccnc1)C(C(=O)O)(c1ccccc1)[PH](=O)O. The van der Waals surface area contributed by atoms with Gasteiger partial charge in [-0.25, -0.2) is 0 Å². The Bertz CT molecular complexity index is 631. The molecule has 5 nitrogen and oxygen atoms in total. The average Bonchev–Trinajstić information content (AvgIpc) is 2.49. The van der Waals surface area contributed by atoms with Gasteiger partial charge in [0.05, 0.1) is 0 Å². The zero-order valence-corrected chi connectivity index (χ0v) is 12.4. The molecule has 0 fully saturated rings. The van der Waals surface area contributed by atoms with E-state index in [1.807, 2.05) is 0 Å². The molecule has 1 aromatic carbocycles. The summed E-state index contributed by atoms with van der Waals surface area (Å²) in [5, 5.41) is 7.86. The number of hydrogen-bond acceptors (Lipinski definition) is 3. The highest BCUT2D eigenvalue weighted by Gasteiger charge is 2.51. The molecule has 0 bridgehead atoms. The number of benzene rings is 1. The number of aromatic nitrogens is 1. The van der Waals surface area contributed by atoms with Gasteiger partial charge in [0.15, 0.2) is 5.16 Å². The minimum atomic E-state index is -3.41. The van der Waals surface area contributed by atoms with E-state index in [0.29, 0.717) is 11.1 Å². The van der Waals surface area contributed by atoms with Crippen LogP contribution in [0, 0.1) is 0 Å². The van der Waals surface area contributed by atoms with Crippen LogP contribution in [0.25, 0.3) is 0 Å². The highest BCUT2D eigenvalue weighted by molar-refractivity contribution is 7.41. The number of rotatable bonds is 5. The van der Waals surface area contributed by atoms with Crippen molar-refractivity contribution in [3.8, 4) is 0 Å². The van der Waals surface area contributed by atoms with Crippen LogP contribution in [0.15, 0.2) is 54.9 Å². The molecular formula is C15H16NO4P. The Kier molecular flexibility index (Phi) is 4.56. The van der Waals surface area contributed by atoms with Crippen molar-refractivity contribution in [1.29, 1.82) is 0 Å². The molecule has 0 spiro atoms. The maximum Gasteiger partial charge on any atom is 0.324 e. The third-order valence-corrected chi connectivity index (χ3v) is 5.35. The molecule has 1 aromatic heterocycles. The van der Waals surface area contributed by atoms with Gasteiger partial charge < -0.3 is 10.00 Å². The molecule has 3 atom stereocenters. The summed E-state index contributed by atoms with van der Waals surface area (Å²) >= 11 is 0. The molecule has 2 rings (SSSR count). The second-order valence-electron chi connectivity index (χ2n) is 4.79. The summed E-state index contributed by atoms with van der Waals surface area (Å²) in [5.41, 5.74) is 0.927. The van der Waals surface area contributed by atoms with Crippen LogP contribution in [-0.2, 0) is 14.5 Å². The van der Waals surface area contributed by atoms with Crippen LogP contribution < -0.4 is 0 Å². The largest absolute Gasteiger partial charge is 0.480 e. The summed E-state index contributed by atoms with van der Waals surface area (Å²) in [6.45, 7) is 1.64. The molecule has 0 saturated carbocycles. The number of carboxylic acid groups (broad SMARTS) is 1. The predicted octanol–water partition coefficient (Wildman–Crippen LogP) is 2.63. The van der Waals surface area contributed by atoms with Crippen LogP contribution in [0.1, 0.15) is 24.0 Å². The molecule has 0 saturated heterocycles. The van der Waals surface area contributed by atoms with Crippen LogP contribution in [0.2, 0.25) is 0 Å².